The third kappa shape index (κ3) is 3.22. The third-order valence-electron chi connectivity index (χ3n) is 5.01. The molecule has 0 spiro atoms. The van der Waals surface area contributed by atoms with E-state index in [4.69, 9.17) is 0 Å². The van der Waals surface area contributed by atoms with Crippen molar-refractivity contribution in [2.45, 2.75) is 13.5 Å². The minimum Gasteiger partial charge on any atom is -0.365 e. The first-order valence-corrected chi connectivity index (χ1v) is 9.15. The zero-order valence-corrected chi connectivity index (χ0v) is 15.8. The number of pyridine rings is 1. The number of benzene rings is 2. The second kappa shape index (κ2) is 7.19. The van der Waals surface area contributed by atoms with Crippen LogP contribution in [0.1, 0.15) is 21.6 Å². The molecular formula is C23H21N3O2. The molecule has 0 aliphatic heterocycles. The summed E-state index contributed by atoms with van der Waals surface area (Å²) in [6, 6.07) is 17.2. The van der Waals surface area contributed by atoms with Crippen molar-refractivity contribution in [1.29, 1.82) is 0 Å². The van der Waals surface area contributed by atoms with Crippen molar-refractivity contribution < 1.29 is 4.79 Å². The minimum absolute atomic E-state index is 0.0415. The molecule has 0 aliphatic carbocycles. The maximum Gasteiger partial charge on any atom is 0.258 e. The van der Waals surface area contributed by atoms with Crippen LogP contribution < -0.4 is 10.9 Å². The second-order valence-corrected chi connectivity index (χ2v) is 6.85. The summed E-state index contributed by atoms with van der Waals surface area (Å²) < 4.78 is 1.67. The summed E-state index contributed by atoms with van der Waals surface area (Å²) in [4.78, 5) is 28.0. The molecule has 0 saturated carbocycles. The molecule has 1 amide bonds. The normalized spacial score (nSPS) is 10.9. The topological polar surface area (TPSA) is 66.9 Å². The second-order valence-electron chi connectivity index (χ2n) is 6.85. The monoisotopic (exact) mass is 371 g/mol. The van der Waals surface area contributed by atoms with Crippen LogP contribution in [-0.4, -0.2) is 22.5 Å². The van der Waals surface area contributed by atoms with Crippen molar-refractivity contribution in [3.05, 3.63) is 94.2 Å². The van der Waals surface area contributed by atoms with Crippen LogP contribution in [0.25, 0.3) is 21.9 Å². The van der Waals surface area contributed by atoms with Gasteiger partial charge in [-0.25, -0.2) is 0 Å². The van der Waals surface area contributed by atoms with Gasteiger partial charge in [-0.2, -0.15) is 0 Å². The van der Waals surface area contributed by atoms with E-state index in [-0.39, 0.29) is 11.5 Å². The molecule has 5 heteroatoms. The molecule has 2 aromatic heterocycles. The third-order valence-corrected chi connectivity index (χ3v) is 5.01. The number of fused-ring (bicyclic) bond motifs is 1. The Morgan fingerprint density at radius 1 is 1.11 bits per heavy atom. The fourth-order valence-electron chi connectivity index (χ4n) is 3.50. The van der Waals surface area contributed by atoms with Crippen molar-refractivity contribution >= 4 is 16.7 Å². The number of aromatic nitrogens is 2. The Labute approximate surface area is 162 Å². The molecule has 0 unspecified atom stereocenters. The van der Waals surface area contributed by atoms with Crippen LogP contribution >= 0.6 is 0 Å². The van der Waals surface area contributed by atoms with Gasteiger partial charge in [0.15, 0.2) is 0 Å². The number of aryl methyl sites for hydroxylation is 1. The van der Waals surface area contributed by atoms with Crippen molar-refractivity contribution in [3.63, 3.8) is 0 Å². The smallest absolute Gasteiger partial charge is 0.258 e. The fraction of sp³-hybridized carbons (Fsp3) is 0.130. The van der Waals surface area contributed by atoms with E-state index >= 15 is 0 Å². The van der Waals surface area contributed by atoms with Crippen LogP contribution in [0.2, 0.25) is 0 Å². The summed E-state index contributed by atoms with van der Waals surface area (Å²) in [7, 11) is 1.60. The maximum atomic E-state index is 13.0. The predicted molar refractivity (Wildman–Crippen MR) is 112 cm³/mol. The standard InChI is InChI=1S/C23H21N3O2/c1-15-20(8-10-25-15)17-6-7-21-18(13-17)9-11-26(23(21)28)14-16-4-3-5-19(12-16)22(27)24-2/h3-13,25H,14H2,1-2H3,(H,24,27). The average molecular weight is 371 g/mol. The molecule has 0 bridgehead atoms. The Morgan fingerprint density at radius 2 is 1.96 bits per heavy atom. The van der Waals surface area contributed by atoms with Gasteiger partial charge >= 0.3 is 0 Å². The van der Waals surface area contributed by atoms with Gasteiger partial charge < -0.3 is 14.9 Å². The summed E-state index contributed by atoms with van der Waals surface area (Å²) in [5, 5.41) is 4.22. The van der Waals surface area contributed by atoms with Crippen molar-refractivity contribution in [2.75, 3.05) is 7.05 Å². The zero-order valence-electron chi connectivity index (χ0n) is 15.8. The van der Waals surface area contributed by atoms with Gasteiger partial charge in [-0.1, -0.05) is 18.2 Å². The number of hydrogen-bond acceptors (Lipinski definition) is 2. The molecule has 28 heavy (non-hydrogen) atoms. The predicted octanol–water partition coefficient (Wildman–Crippen LogP) is 3.71. The Bertz CT molecular complexity index is 1230. The van der Waals surface area contributed by atoms with Crippen LogP contribution in [0.5, 0.6) is 0 Å². The van der Waals surface area contributed by atoms with E-state index in [0.29, 0.717) is 17.5 Å². The van der Waals surface area contributed by atoms with Crippen molar-refractivity contribution in [1.82, 2.24) is 14.9 Å². The van der Waals surface area contributed by atoms with Crippen molar-refractivity contribution in [3.8, 4) is 11.1 Å². The lowest BCUT2D eigenvalue weighted by atomic mass is 10.0. The molecule has 0 saturated heterocycles. The molecule has 2 N–H and O–H groups in total. The first-order valence-electron chi connectivity index (χ1n) is 9.15. The summed E-state index contributed by atoms with van der Waals surface area (Å²) in [5.41, 5.74) is 4.77. The van der Waals surface area contributed by atoms with Crippen LogP contribution in [0.4, 0.5) is 0 Å². The molecule has 4 rings (SSSR count). The number of carbonyl (C=O) groups is 1. The number of carbonyl (C=O) groups excluding carboxylic acids is 1. The summed E-state index contributed by atoms with van der Waals surface area (Å²) in [6.07, 6.45) is 3.73. The molecular weight excluding hydrogens is 350 g/mol. The molecule has 2 heterocycles. The van der Waals surface area contributed by atoms with Crippen LogP contribution in [0.15, 0.2) is 71.8 Å². The molecule has 2 aromatic carbocycles. The van der Waals surface area contributed by atoms with Crippen LogP contribution in [0, 0.1) is 6.92 Å². The Hall–Kier alpha value is -3.60. The first-order chi connectivity index (χ1) is 13.6. The van der Waals surface area contributed by atoms with E-state index in [1.807, 2.05) is 67.8 Å². The van der Waals surface area contributed by atoms with E-state index in [9.17, 15) is 9.59 Å². The number of amides is 1. The van der Waals surface area contributed by atoms with Crippen LogP contribution in [0.3, 0.4) is 0 Å². The number of nitrogens with zero attached hydrogens (tertiary/aromatic N) is 1. The number of H-pyrrole nitrogens is 1. The summed E-state index contributed by atoms with van der Waals surface area (Å²) in [5.74, 6) is -0.139. The van der Waals surface area contributed by atoms with Gasteiger partial charge in [0.25, 0.3) is 11.5 Å². The van der Waals surface area contributed by atoms with E-state index in [1.165, 1.54) is 0 Å². The largest absolute Gasteiger partial charge is 0.365 e. The van der Waals surface area contributed by atoms with Gasteiger partial charge in [-0.15, -0.1) is 0 Å². The van der Waals surface area contributed by atoms with Gasteiger partial charge in [0.1, 0.15) is 0 Å². The molecule has 4 aromatic rings. The van der Waals surface area contributed by atoms with Gasteiger partial charge in [0.2, 0.25) is 0 Å². The van der Waals surface area contributed by atoms with Gasteiger partial charge in [0, 0.05) is 41.6 Å². The lowest BCUT2D eigenvalue weighted by Gasteiger charge is -2.10. The average Bonchev–Trinajstić information content (AvgIpc) is 3.15. The van der Waals surface area contributed by atoms with E-state index in [1.54, 1.807) is 17.7 Å². The molecule has 140 valence electrons. The highest BCUT2D eigenvalue weighted by Crippen LogP contribution is 2.25. The molecule has 0 atom stereocenters. The molecule has 0 radical (unpaired) electrons. The fourth-order valence-corrected chi connectivity index (χ4v) is 3.50. The number of nitrogens with one attached hydrogen (secondary N) is 2. The van der Waals surface area contributed by atoms with Gasteiger partial charge in [-0.3, -0.25) is 9.59 Å². The highest BCUT2D eigenvalue weighted by Gasteiger charge is 2.09. The lowest BCUT2D eigenvalue weighted by molar-refractivity contribution is 0.0963. The number of hydrogen-bond donors (Lipinski definition) is 2. The molecule has 0 fully saturated rings. The highest BCUT2D eigenvalue weighted by molar-refractivity contribution is 5.94. The number of rotatable bonds is 4. The lowest BCUT2D eigenvalue weighted by Crippen LogP contribution is -2.21. The Balaban J connectivity index is 1.70. The maximum absolute atomic E-state index is 13.0. The summed E-state index contributed by atoms with van der Waals surface area (Å²) >= 11 is 0. The quantitative estimate of drug-likeness (QED) is 0.574. The first kappa shape index (κ1) is 17.8. The Kier molecular flexibility index (Phi) is 4.57. The van der Waals surface area contributed by atoms with Crippen LogP contribution in [-0.2, 0) is 6.54 Å². The van der Waals surface area contributed by atoms with E-state index in [0.717, 1.165) is 27.8 Å². The molecule has 5 nitrogen and oxygen atoms in total. The highest BCUT2D eigenvalue weighted by atomic mass is 16.1. The van der Waals surface area contributed by atoms with E-state index < -0.39 is 0 Å². The summed E-state index contributed by atoms with van der Waals surface area (Å²) in [6.45, 7) is 2.45. The Morgan fingerprint density at radius 3 is 2.71 bits per heavy atom. The van der Waals surface area contributed by atoms with Gasteiger partial charge in [0.05, 0.1) is 6.54 Å². The SMILES string of the molecule is CNC(=O)c1cccc(Cn2ccc3cc(-c4cc[nH]c4C)ccc3c2=O)c1. The zero-order chi connectivity index (χ0) is 19.7. The minimum atomic E-state index is -0.139. The van der Waals surface area contributed by atoms with Crippen molar-refractivity contribution in [2.24, 2.45) is 0 Å². The number of aromatic amines is 1. The van der Waals surface area contributed by atoms with Gasteiger partial charge in [-0.05, 0) is 59.8 Å². The molecule has 0 aliphatic rings. The van der Waals surface area contributed by atoms with E-state index in [2.05, 4.69) is 10.3 Å².